The number of anilines is 1. The summed E-state index contributed by atoms with van der Waals surface area (Å²) in [5.41, 5.74) is 1.02. The van der Waals surface area contributed by atoms with Crippen LogP contribution in [0.3, 0.4) is 0 Å². The first-order valence-electron chi connectivity index (χ1n) is 8.84. The van der Waals surface area contributed by atoms with E-state index in [9.17, 15) is 14.0 Å². The van der Waals surface area contributed by atoms with Crippen LogP contribution in [0, 0.1) is 12.7 Å². The maximum Gasteiger partial charge on any atom is 0.350 e. The van der Waals surface area contributed by atoms with Crippen LogP contribution < -0.4 is 11.0 Å². The van der Waals surface area contributed by atoms with Gasteiger partial charge < -0.3 is 5.32 Å². The Labute approximate surface area is 183 Å². The van der Waals surface area contributed by atoms with Gasteiger partial charge >= 0.3 is 5.69 Å². The van der Waals surface area contributed by atoms with Crippen molar-refractivity contribution in [1.82, 2.24) is 19.2 Å². The number of aromatic nitrogens is 4. The zero-order valence-corrected chi connectivity index (χ0v) is 18.1. The molecule has 0 aliphatic heterocycles. The largest absolute Gasteiger partial charge is 0.350 e. The Hall–Kier alpha value is -2.98. The van der Waals surface area contributed by atoms with Crippen molar-refractivity contribution < 1.29 is 9.18 Å². The molecule has 0 saturated carbocycles. The van der Waals surface area contributed by atoms with Crippen LogP contribution in [0.15, 0.2) is 74.0 Å². The molecule has 10 heteroatoms. The number of amides is 1. The van der Waals surface area contributed by atoms with E-state index in [4.69, 9.17) is 0 Å². The van der Waals surface area contributed by atoms with Gasteiger partial charge in [0.15, 0.2) is 5.65 Å². The van der Waals surface area contributed by atoms with Gasteiger partial charge in [-0.1, -0.05) is 45.4 Å². The highest BCUT2D eigenvalue weighted by Gasteiger charge is 2.16. The summed E-state index contributed by atoms with van der Waals surface area (Å²) in [5, 5.41) is 7.26. The second kappa shape index (κ2) is 8.41. The van der Waals surface area contributed by atoms with E-state index >= 15 is 0 Å². The fraction of sp³-hybridized carbons (Fsp3) is 0.100. The van der Waals surface area contributed by atoms with Gasteiger partial charge in [-0.05, 0) is 37.3 Å². The highest BCUT2D eigenvalue weighted by molar-refractivity contribution is 9.10. The van der Waals surface area contributed by atoms with Gasteiger partial charge in [-0.2, -0.15) is 0 Å². The van der Waals surface area contributed by atoms with Crippen LogP contribution in [-0.4, -0.2) is 25.1 Å². The summed E-state index contributed by atoms with van der Waals surface area (Å²) in [6.45, 7) is 1.64. The summed E-state index contributed by atoms with van der Waals surface area (Å²) in [6.07, 6.45) is 3.00. The standard InChI is InChI=1S/C20H15BrFN5O2S/c1-12-2-5-14(6-3-12)30-19-18-25-27(20(29)26(18)9-8-23-19)11-17(28)24-16-7-4-13(21)10-15(16)22/h2-10H,11H2,1H3,(H,24,28). The molecule has 30 heavy (non-hydrogen) atoms. The SMILES string of the molecule is Cc1ccc(Sc2nccn3c(=O)n(CC(=O)Nc4ccc(Br)cc4F)nc23)cc1. The molecule has 0 aliphatic rings. The van der Waals surface area contributed by atoms with Gasteiger partial charge in [0.25, 0.3) is 0 Å². The van der Waals surface area contributed by atoms with Crippen LogP contribution in [0.5, 0.6) is 0 Å². The van der Waals surface area contributed by atoms with Crippen LogP contribution in [-0.2, 0) is 11.3 Å². The summed E-state index contributed by atoms with van der Waals surface area (Å²) in [4.78, 5) is 30.2. The Kier molecular flexibility index (Phi) is 5.69. The minimum absolute atomic E-state index is 0.0253. The summed E-state index contributed by atoms with van der Waals surface area (Å²) < 4.78 is 16.9. The lowest BCUT2D eigenvalue weighted by molar-refractivity contribution is -0.117. The van der Waals surface area contributed by atoms with Gasteiger partial charge in [0.2, 0.25) is 5.91 Å². The molecule has 0 bridgehead atoms. The van der Waals surface area contributed by atoms with E-state index in [0.29, 0.717) is 15.1 Å². The van der Waals surface area contributed by atoms with Crippen LogP contribution >= 0.6 is 27.7 Å². The number of benzene rings is 2. The Morgan fingerprint density at radius 3 is 2.73 bits per heavy atom. The van der Waals surface area contributed by atoms with Crippen molar-refractivity contribution in [3.05, 3.63) is 81.2 Å². The molecule has 2 aromatic heterocycles. The maximum absolute atomic E-state index is 13.9. The second-order valence-electron chi connectivity index (χ2n) is 6.45. The average Bonchev–Trinajstić information content (AvgIpc) is 3.02. The number of rotatable bonds is 5. The average molecular weight is 488 g/mol. The van der Waals surface area contributed by atoms with Gasteiger partial charge in [0, 0.05) is 21.8 Å². The molecule has 2 heterocycles. The number of aryl methyl sites for hydroxylation is 1. The number of nitrogens with zero attached hydrogens (tertiary/aromatic N) is 4. The molecule has 0 aliphatic carbocycles. The van der Waals surface area contributed by atoms with Crippen molar-refractivity contribution in [2.45, 2.75) is 23.4 Å². The van der Waals surface area contributed by atoms with Crippen molar-refractivity contribution in [3.8, 4) is 0 Å². The molecule has 1 amide bonds. The fourth-order valence-corrected chi connectivity index (χ4v) is 3.91. The quantitative estimate of drug-likeness (QED) is 0.461. The molecule has 4 aromatic rings. The predicted molar refractivity (Wildman–Crippen MR) is 115 cm³/mol. The first-order chi connectivity index (χ1) is 14.4. The summed E-state index contributed by atoms with van der Waals surface area (Å²) in [7, 11) is 0. The molecule has 4 rings (SSSR count). The van der Waals surface area contributed by atoms with Crippen molar-refractivity contribution in [2.24, 2.45) is 0 Å². The number of fused-ring (bicyclic) bond motifs is 1. The third kappa shape index (κ3) is 4.29. The minimum Gasteiger partial charge on any atom is -0.322 e. The monoisotopic (exact) mass is 487 g/mol. The van der Waals surface area contributed by atoms with E-state index in [-0.39, 0.29) is 12.2 Å². The first-order valence-corrected chi connectivity index (χ1v) is 10.5. The molecule has 152 valence electrons. The van der Waals surface area contributed by atoms with Crippen LogP contribution in [0.1, 0.15) is 5.56 Å². The molecule has 0 atom stereocenters. The highest BCUT2D eigenvalue weighted by atomic mass is 79.9. The third-order valence-corrected chi connectivity index (χ3v) is 5.69. The molecule has 0 unspecified atom stereocenters. The van der Waals surface area contributed by atoms with E-state index in [1.54, 1.807) is 6.07 Å². The number of nitrogens with one attached hydrogen (secondary N) is 1. The molecule has 7 nitrogen and oxygen atoms in total. The van der Waals surface area contributed by atoms with Crippen LogP contribution in [0.4, 0.5) is 10.1 Å². The van der Waals surface area contributed by atoms with Gasteiger partial charge in [-0.15, -0.1) is 5.10 Å². The van der Waals surface area contributed by atoms with Crippen molar-refractivity contribution in [2.75, 3.05) is 5.32 Å². The number of hydrogen-bond acceptors (Lipinski definition) is 5. The van der Waals surface area contributed by atoms with E-state index < -0.39 is 17.4 Å². The van der Waals surface area contributed by atoms with Gasteiger partial charge in [-0.3, -0.25) is 4.79 Å². The molecule has 0 saturated heterocycles. The number of carbonyl (C=O) groups is 1. The Balaban J connectivity index is 1.59. The first kappa shape index (κ1) is 20.3. The predicted octanol–water partition coefficient (Wildman–Crippen LogP) is 3.89. The Morgan fingerprint density at radius 2 is 2.00 bits per heavy atom. The lowest BCUT2D eigenvalue weighted by Crippen LogP contribution is -2.28. The molecule has 2 aromatic carbocycles. The molecule has 1 N–H and O–H groups in total. The van der Waals surface area contributed by atoms with Crippen molar-refractivity contribution in [1.29, 1.82) is 0 Å². The minimum atomic E-state index is -0.582. The van der Waals surface area contributed by atoms with Gasteiger partial charge in [0.05, 0.1) is 5.69 Å². The van der Waals surface area contributed by atoms with E-state index in [1.165, 1.54) is 40.7 Å². The zero-order valence-electron chi connectivity index (χ0n) is 15.7. The molecular formula is C20H15BrFN5O2S. The lowest BCUT2D eigenvalue weighted by Gasteiger charge is -2.06. The third-order valence-electron chi connectivity index (χ3n) is 4.20. The van der Waals surface area contributed by atoms with Gasteiger partial charge in [-0.25, -0.2) is 23.3 Å². The van der Waals surface area contributed by atoms with Crippen molar-refractivity contribution >= 4 is 44.9 Å². The van der Waals surface area contributed by atoms with E-state index in [0.717, 1.165) is 15.1 Å². The smallest absolute Gasteiger partial charge is 0.322 e. The lowest BCUT2D eigenvalue weighted by atomic mass is 10.2. The molecule has 0 fully saturated rings. The molecule has 0 radical (unpaired) electrons. The Bertz CT molecular complexity index is 1300. The zero-order chi connectivity index (χ0) is 21.3. The normalized spacial score (nSPS) is 11.0. The topological polar surface area (TPSA) is 81.3 Å². The fourth-order valence-electron chi connectivity index (χ4n) is 2.74. The Morgan fingerprint density at radius 1 is 1.23 bits per heavy atom. The number of hydrogen-bond donors (Lipinski definition) is 1. The molecule has 0 spiro atoms. The maximum atomic E-state index is 13.9. The van der Waals surface area contributed by atoms with Gasteiger partial charge in [0.1, 0.15) is 17.4 Å². The van der Waals surface area contributed by atoms with Crippen LogP contribution in [0.2, 0.25) is 0 Å². The summed E-state index contributed by atoms with van der Waals surface area (Å²) >= 11 is 4.53. The number of carbonyl (C=O) groups excluding carboxylic acids is 1. The number of halogens is 2. The van der Waals surface area contributed by atoms with Crippen LogP contribution in [0.25, 0.3) is 5.65 Å². The van der Waals surface area contributed by atoms with E-state index in [2.05, 4.69) is 31.3 Å². The molecular weight excluding hydrogens is 473 g/mol. The van der Waals surface area contributed by atoms with E-state index in [1.807, 2.05) is 31.2 Å². The van der Waals surface area contributed by atoms with Crippen molar-refractivity contribution in [3.63, 3.8) is 0 Å². The summed E-state index contributed by atoms with van der Waals surface area (Å²) in [6, 6.07) is 12.2. The summed E-state index contributed by atoms with van der Waals surface area (Å²) in [5.74, 6) is -1.15. The highest BCUT2D eigenvalue weighted by Crippen LogP contribution is 2.28. The second-order valence-corrected chi connectivity index (χ2v) is 8.43.